The summed E-state index contributed by atoms with van der Waals surface area (Å²) in [4.78, 5) is 0. The number of hydrogen-bond donors (Lipinski definition) is 2. The number of aliphatic hydroxyl groups excluding tert-OH is 1. The number of methoxy groups -OCH3 is 1. The first-order valence-corrected chi connectivity index (χ1v) is 5.31. The van der Waals surface area contributed by atoms with Gasteiger partial charge >= 0.3 is 0 Å². The van der Waals surface area contributed by atoms with Gasteiger partial charge in [0.15, 0.2) is 0 Å². The summed E-state index contributed by atoms with van der Waals surface area (Å²) >= 11 is 15.8. The van der Waals surface area contributed by atoms with Crippen molar-refractivity contribution in [2.45, 2.75) is 6.10 Å². The van der Waals surface area contributed by atoms with E-state index in [1.54, 1.807) is 12.1 Å². The Bertz CT molecular complexity index is 331. The van der Waals surface area contributed by atoms with Gasteiger partial charge in [-0.3, -0.25) is 0 Å². The Morgan fingerprint density at radius 1 is 1.43 bits per heavy atom. The molecular weight excluding hydrogens is 243 g/mol. The van der Waals surface area contributed by atoms with Crippen LogP contribution in [0.2, 0.25) is 10.0 Å². The molecule has 0 saturated carbocycles. The number of halogens is 2. The molecule has 1 aromatic rings. The van der Waals surface area contributed by atoms with Gasteiger partial charge in [0, 0.05) is 11.3 Å². The molecule has 0 aliphatic carbocycles. The van der Waals surface area contributed by atoms with Crippen LogP contribution < -0.4 is 4.74 Å². The molecule has 0 radical (unpaired) electrons. The smallest absolute Gasteiger partial charge is 0.139 e. The summed E-state index contributed by atoms with van der Waals surface area (Å²) in [6, 6.07) is 3.34. The molecule has 0 spiro atoms. The van der Waals surface area contributed by atoms with E-state index < -0.39 is 6.10 Å². The summed E-state index contributed by atoms with van der Waals surface area (Å²) in [5.74, 6) is 0.786. The first-order chi connectivity index (χ1) is 6.61. The Labute approximate surface area is 98.2 Å². The van der Waals surface area contributed by atoms with Gasteiger partial charge in [0.25, 0.3) is 0 Å². The van der Waals surface area contributed by atoms with E-state index >= 15 is 0 Å². The topological polar surface area (TPSA) is 29.5 Å². The van der Waals surface area contributed by atoms with Gasteiger partial charge in [-0.1, -0.05) is 29.3 Å². The second-order valence-electron chi connectivity index (χ2n) is 2.68. The zero-order valence-electron chi connectivity index (χ0n) is 7.50. The van der Waals surface area contributed by atoms with Crippen molar-refractivity contribution in [1.82, 2.24) is 0 Å². The predicted molar refractivity (Wildman–Crippen MR) is 61.8 cm³/mol. The van der Waals surface area contributed by atoms with Crippen molar-refractivity contribution >= 4 is 35.8 Å². The lowest BCUT2D eigenvalue weighted by atomic mass is 10.1. The van der Waals surface area contributed by atoms with Gasteiger partial charge < -0.3 is 9.84 Å². The summed E-state index contributed by atoms with van der Waals surface area (Å²) in [6.45, 7) is 0. The van der Waals surface area contributed by atoms with Crippen molar-refractivity contribution in [3.05, 3.63) is 27.7 Å². The number of hydrogen-bond acceptors (Lipinski definition) is 3. The van der Waals surface area contributed by atoms with E-state index in [2.05, 4.69) is 12.6 Å². The van der Waals surface area contributed by atoms with Crippen LogP contribution in [-0.4, -0.2) is 18.0 Å². The van der Waals surface area contributed by atoms with Crippen LogP contribution in [0, 0.1) is 0 Å². The van der Waals surface area contributed by atoms with E-state index in [9.17, 15) is 5.11 Å². The molecule has 78 valence electrons. The fraction of sp³-hybridized carbons (Fsp3) is 0.333. The van der Waals surface area contributed by atoms with Crippen molar-refractivity contribution in [2.24, 2.45) is 0 Å². The zero-order chi connectivity index (χ0) is 10.7. The Balaban J connectivity index is 3.17. The molecule has 0 aromatic heterocycles. The normalized spacial score (nSPS) is 12.6. The summed E-state index contributed by atoms with van der Waals surface area (Å²) in [5, 5.41) is 10.2. The van der Waals surface area contributed by atoms with Crippen molar-refractivity contribution in [1.29, 1.82) is 0 Å². The molecule has 14 heavy (non-hydrogen) atoms. The lowest BCUT2D eigenvalue weighted by Crippen LogP contribution is -2.00. The lowest BCUT2D eigenvalue weighted by Gasteiger charge is -2.12. The molecule has 1 unspecified atom stereocenters. The Kier molecular flexibility index (Phi) is 4.38. The number of rotatable bonds is 3. The fourth-order valence-corrected chi connectivity index (χ4v) is 1.79. The average molecular weight is 253 g/mol. The molecule has 5 heteroatoms. The van der Waals surface area contributed by atoms with Gasteiger partial charge in [0.2, 0.25) is 0 Å². The van der Waals surface area contributed by atoms with Gasteiger partial charge in [-0.2, -0.15) is 12.6 Å². The van der Waals surface area contributed by atoms with Crippen LogP contribution in [0.4, 0.5) is 0 Å². The zero-order valence-corrected chi connectivity index (χ0v) is 9.90. The Morgan fingerprint density at radius 3 is 2.57 bits per heavy atom. The molecule has 2 nitrogen and oxygen atoms in total. The summed E-state index contributed by atoms with van der Waals surface area (Å²) in [5.41, 5.74) is 0.562. The van der Waals surface area contributed by atoms with E-state index in [-0.39, 0.29) is 0 Å². The van der Waals surface area contributed by atoms with E-state index in [1.807, 2.05) is 0 Å². The quantitative estimate of drug-likeness (QED) is 0.811. The number of ether oxygens (including phenoxy) is 1. The highest BCUT2D eigenvalue weighted by Crippen LogP contribution is 2.37. The maximum atomic E-state index is 9.54. The summed E-state index contributed by atoms with van der Waals surface area (Å²) in [7, 11) is 1.51. The molecule has 0 heterocycles. The number of thiol groups is 1. The molecule has 0 amide bonds. The minimum absolute atomic E-state index is 0.294. The van der Waals surface area contributed by atoms with Crippen molar-refractivity contribution < 1.29 is 9.84 Å². The second kappa shape index (κ2) is 5.12. The minimum Gasteiger partial charge on any atom is -0.495 e. The summed E-state index contributed by atoms with van der Waals surface area (Å²) < 4.78 is 4.98. The van der Waals surface area contributed by atoms with Crippen molar-refractivity contribution in [3.63, 3.8) is 0 Å². The lowest BCUT2D eigenvalue weighted by molar-refractivity contribution is 0.204. The van der Waals surface area contributed by atoms with Gasteiger partial charge in [0.1, 0.15) is 10.8 Å². The molecule has 1 aromatic carbocycles. The second-order valence-corrected chi connectivity index (χ2v) is 3.80. The molecule has 0 aliphatic rings. The average Bonchev–Trinajstić information content (AvgIpc) is 2.21. The summed E-state index contributed by atoms with van der Waals surface area (Å²) in [6.07, 6.45) is -0.714. The van der Waals surface area contributed by atoms with Crippen LogP contribution in [0.3, 0.4) is 0 Å². The predicted octanol–water partition coefficient (Wildman–Crippen LogP) is 2.97. The maximum Gasteiger partial charge on any atom is 0.139 e. The van der Waals surface area contributed by atoms with E-state index in [4.69, 9.17) is 27.9 Å². The van der Waals surface area contributed by atoms with Crippen molar-refractivity contribution in [2.75, 3.05) is 12.9 Å². The first-order valence-electron chi connectivity index (χ1n) is 3.92. The molecule has 0 aliphatic heterocycles. The highest BCUT2D eigenvalue weighted by Gasteiger charge is 2.15. The van der Waals surface area contributed by atoms with E-state index in [0.717, 1.165) is 0 Å². The van der Waals surface area contributed by atoms with Gasteiger partial charge in [-0.25, -0.2) is 0 Å². The Hall–Kier alpha value is -0.0900. The monoisotopic (exact) mass is 252 g/mol. The van der Waals surface area contributed by atoms with Crippen molar-refractivity contribution in [3.8, 4) is 5.75 Å². The third-order valence-corrected chi connectivity index (χ3v) is 3.05. The van der Waals surface area contributed by atoms with Gasteiger partial charge in [-0.05, 0) is 6.07 Å². The van der Waals surface area contributed by atoms with E-state index in [1.165, 1.54) is 7.11 Å². The first kappa shape index (κ1) is 12.0. The molecule has 0 fully saturated rings. The molecule has 0 bridgehead atoms. The van der Waals surface area contributed by atoms with Gasteiger partial charge in [-0.15, -0.1) is 0 Å². The third-order valence-electron chi connectivity index (χ3n) is 1.83. The number of benzene rings is 1. The van der Waals surface area contributed by atoms with Crippen LogP contribution in [0.25, 0.3) is 0 Å². The molecule has 1 atom stereocenters. The standard InChI is InChI=1S/C9H10Cl2O2S/c1-13-7-3-2-5(6(12)4-14)8(10)9(7)11/h2-3,6,12,14H,4H2,1H3. The molecular formula is C9H10Cl2O2S. The van der Waals surface area contributed by atoms with E-state index in [0.29, 0.717) is 27.1 Å². The van der Waals surface area contributed by atoms with Crippen LogP contribution in [-0.2, 0) is 0 Å². The highest BCUT2D eigenvalue weighted by atomic mass is 35.5. The van der Waals surface area contributed by atoms with Gasteiger partial charge in [0.05, 0.1) is 18.2 Å². The van der Waals surface area contributed by atoms with Crippen LogP contribution >= 0.6 is 35.8 Å². The molecule has 0 saturated heterocycles. The molecule has 1 rings (SSSR count). The highest BCUT2D eigenvalue weighted by molar-refractivity contribution is 7.80. The minimum atomic E-state index is -0.714. The molecule has 1 N–H and O–H groups in total. The fourth-order valence-electron chi connectivity index (χ4n) is 1.06. The Morgan fingerprint density at radius 2 is 2.07 bits per heavy atom. The number of aliphatic hydroxyl groups is 1. The maximum absolute atomic E-state index is 9.54. The SMILES string of the molecule is COc1ccc(C(O)CS)c(Cl)c1Cl. The largest absolute Gasteiger partial charge is 0.495 e. The van der Waals surface area contributed by atoms with Crippen LogP contribution in [0.5, 0.6) is 5.75 Å². The third kappa shape index (κ3) is 2.28. The van der Waals surface area contributed by atoms with Crippen LogP contribution in [0.1, 0.15) is 11.7 Å². The van der Waals surface area contributed by atoms with Crippen LogP contribution in [0.15, 0.2) is 12.1 Å².